The Hall–Kier alpha value is -0.750. The molecular weight excluding hydrogens is 176 g/mol. The number of aromatic nitrogens is 3. The van der Waals surface area contributed by atoms with Crippen LogP contribution in [0.25, 0.3) is 0 Å². The number of ether oxygens (including phenoxy) is 1. The standard InChI is InChI=1S/C6H10N4OS/c1-11-4-5-8-9-6-10(5)7-2-3-12-6/h7H,2-4H2,1H3. The molecule has 0 saturated heterocycles. The summed E-state index contributed by atoms with van der Waals surface area (Å²) in [7, 11) is 1.65. The van der Waals surface area contributed by atoms with Crippen LogP contribution in [0, 0.1) is 0 Å². The molecule has 12 heavy (non-hydrogen) atoms. The summed E-state index contributed by atoms with van der Waals surface area (Å²) in [5, 5.41) is 8.93. The average molecular weight is 186 g/mol. The molecule has 0 unspecified atom stereocenters. The topological polar surface area (TPSA) is 52.0 Å². The number of hydrogen-bond donors (Lipinski definition) is 1. The average Bonchev–Trinajstić information content (AvgIpc) is 2.50. The number of nitrogens with zero attached hydrogens (tertiary/aromatic N) is 3. The van der Waals surface area contributed by atoms with Crippen molar-refractivity contribution >= 4 is 11.8 Å². The van der Waals surface area contributed by atoms with Crippen LogP contribution >= 0.6 is 11.8 Å². The molecule has 2 rings (SSSR count). The van der Waals surface area contributed by atoms with Gasteiger partial charge in [0.15, 0.2) is 5.82 Å². The van der Waals surface area contributed by atoms with Gasteiger partial charge >= 0.3 is 0 Å². The van der Waals surface area contributed by atoms with Gasteiger partial charge < -0.3 is 10.2 Å². The molecular formula is C6H10N4OS. The lowest BCUT2D eigenvalue weighted by Crippen LogP contribution is -2.25. The second-order valence-electron chi connectivity index (χ2n) is 2.42. The van der Waals surface area contributed by atoms with E-state index in [0.717, 1.165) is 23.3 Å². The van der Waals surface area contributed by atoms with Gasteiger partial charge in [-0.3, -0.25) is 0 Å². The summed E-state index contributed by atoms with van der Waals surface area (Å²) >= 11 is 1.71. The van der Waals surface area contributed by atoms with Crippen molar-refractivity contribution in [2.75, 3.05) is 24.8 Å². The molecule has 1 aromatic heterocycles. The molecule has 0 atom stereocenters. The van der Waals surface area contributed by atoms with E-state index in [-0.39, 0.29) is 0 Å². The quantitative estimate of drug-likeness (QED) is 0.708. The van der Waals surface area contributed by atoms with Crippen LogP contribution in [0.5, 0.6) is 0 Å². The Morgan fingerprint density at radius 3 is 3.42 bits per heavy atom. The smallest absolute Gasteiger partial charge is 0.210 e. The zero-order chi connectivity index (χ0) is 8.39. The Balaban J connectivity index is 2.25. The van der Waals surface area contributed by atoms with Crippen molar-refractivity contribution in [1.29, 1.82) is 0 Å². The number of rotatable bonds is 2. The predicted octanol–water partition coefficient (Wildman–Crippen LogP) is 0.0737. The molecule has 1 aliphatic rings. The Kier molecular flexibility index (Phi) is 2.18. The maximum Gasteiger partial charge on any atom is 0.210 e. The minimum Gasteiger partial charge on any atom is -0.377 e. The van der Waals surface area contributed by atoms with Gasteiger partial charge in [0.1, 0.15) is 6.61 Å². The van der Waals surface area contributed by atoms with Gasteiger partial charge in [-0.05, 0) is 0 Å². The second-order valence-corrected chi connectivity index (χ2v) is 3.49. The zero-order valence-corrected chi connectivity index (χ0v) is 7.60. The molecule has 0 saturated carbocycles. The van der Waals surface area contributed by atoms with Gasteiger partial charge in [0.05, 0.1) is 0 Å². The van der Waals surface area contributed by atoms with Gasteiger partial charge in [-0.15, -0.1) is 10.2 Å². The van der Waals surface area contributed by atoms with Crippen LogP contribution in [0.3, 0.4) is 0 Å². The summed E-state index contributed by atoms with van der Waals surface area (Å²) in [4.78, 5) is 0. The zero-order valence-electron chi connectivity index (χ0n) is 6.78. The molecule has 0 bridgehead atoms. The van der Waals surface area contributed by atoms with Crippen LogP contribution in [-0.2, 0) is 11.3 Å². The molecule has 66 valence electrons. The third-order valence-corrected chi connectivity index (χ3v) is 2.51. The van der Waals surface area contributed by atoms with Crippen molar-refractivity contribution in [2.24, 2.45) is 0 Å². The minimum absolute atomic E-state index is 0.501. The van der Waals surface area contributed by atoms with E-state index in [4.69, 9.17) is 4.74 Å². The van der Waals surface area contributed by atoms with Gasteiger partial charge in [0.25, 0.3) is 0 Å². The van der Waals surface area contributed by atoms with Crippen molar-refractivity contribution in [2.45, 2.75) is 11.8 Å². The highest BCUT2D eigenvalue weighted by Crippen LogP contribution is 2.18. The first-order valence-corrected chi connectivity index (χ1v) is 4.70. The van der Waals surface area contributed by atoms with Crippen LogP contribution in [0.15, 0.2) is 5.16 Å². The predicted molar refractivity (Wildman–Crippen MR) is 45.7 cm³/mol. The molecule has 1 aromatic rings. The van der Waals surface area contributed by atoms with E-state index >= 15 is 0 Å². The fourth-order valence-corrected chi connectivity index (χ4v) is 1.85. The second kappa shape index (κ2) is 3.32. The molecule has 0 amide bonds. The monoisotopic (exact) mass is 186 g/mol. The van der Waals surface area contributed by atoms with Crippen molar-refractivity contribution < 1.29 is 4.74 Å². The first-order valence-electron chi connectivity index (χ1n) is 3.71. The molecule has 0 aromatic carbocycles. The van der Waals surface area contributed by atoms with E-state index in [2.05, 4.69) is 15.6 Å². The molecule has 1 aliphatic heterocycles. The number of methoxy groups -OCH3 is 1. The summed E-state index contributed by atoms with van der Waals surface area (Å²) < 4.78 is 6.87. The first-order chi connectivity index (χ1) is 5.92. The first kappa shape index (κ1) is 7.88. The normalized spacial score (nSPS) is 15.4. The van der Waals surface area contributed by atoms with E-state index in [1.165, 1.54) is 0 Å². The van der Waals surface area contributed by atoms with Gasteiger partial charge in [-0.2, -0.15) is 0 Å². The molecule has 6 heteroatoms. The van der Waals surface area contributed by atoms with E-state index in [0.29, 0.717) is 6.61 Å². The number of thioether (sulfide) groups is 1. The van der Waals surface area contributed by atoms with Crippen LogP contribution in [0.2, 0.25) is 0 Å². The van der Waals surface area contributed by atoms with Crippen LogP contribution in [0.1, 0.15) is 5.82 Å². The Morgan fingerprint density at radius 2 is 2.58 bits per heavy atom. The fraction of sp³-hybridized carbons (Fsp3) is 0.667. The third-order valence-electron chi connectivity index (χ3n) is 1.58. The highest BCUT2D eigenvalue weighted by Gasteiger charge is 2.15. The number of hydrogen-bond acceptors (Lipinski definition) is 5. The van der Waals surface area contributed by atoms with E-state index in [9.17, 15) is 0 Å². The molecule has 0 spiro atoms. The van der Waals surface area contributed by atoms with Gasteiger partial charge in [0.2, 0.25) is 5.16 Å². The van der Waals surface area contributed by atoms with Crippen molar-refractivity contribution in [1.82, 2.24) is 14.9 Å². The van der Waals surface area contributed by atoms with E-state index < -0.39 is 0 Å². The summed E-state index contributed by atoms with van der Waals surface area (Å²) in [5.74, 6) is 1.88. The lowest BCUT2D eigenvalue weighted by molar-refractivity contribution is 0.174. The highest BCUT2D eigenvalue weighted by molar-refractivity contribution is 7.99. The summed E-state index contributed by atoms with van der Waals surface area (Å²) in [6, 6.07) is 0. The maximum atomic E-state index is 4.98. The lowest BCUT2D eigenvalue weighted by atomic mass is 10.6. The van der Waals surface area contributed by atoms with Crippen molar-refractivity contribution in [3.8, 4) is 0 Å². The molecule has 0 radical (unpaired) electrons. The maximum absolute atomic E-state index is 4.98. The SMILES string of the molecule is COCc1nnc2n1NCCS2. The van der Waals surface area contributed by atoms with E-state index in [1.54, 1.807) is 18.9 Å². The third kappa shape index (κ3) is 1.27. The molecule has 0 fully saturated rings. The highest BCUT2D eigenvalue weighted by atomic mass is 32.2. The fourth-order valence-electron chi connectivity index (χ4n) is 1.07. The van der Waals surface area contributed by atoms with Crippen LogP contribution in [0.4, 0.5) is 0 Å². The van der Waals surface area contributed by atoms with Gasteiger partial charge in [0, 0.05) is 19.4 Å². The minimum atomic E-state index is 0.501. The molecule has 2 heterocycles. The van der Waals surface area contributed by atoms with Gasteiger partial charge in [-0.25, -0.2) is 4.68 Å². The summed E-state index contributed by atoms with van der Waals surface area (Å²) in [6.45, 7) is 1.45. The molecule has 1 N–H and O–H groups in total. The van der Waals surface area contributed by atoms with Crippen molar-refractivity contribution in [3.05, 3.63) is 5.82 Å². The Bertz CT molecular complexity index is 275. The summed E-state index contributed by atoms with van der Waals surface area (Å²) in [6.07, 6.45) is 0. The molecule has 0 aliphatic carbocycles. The van der Waals surface area contributed by atoms with Crippen LogP contribution < -0.4 is 5.43 Å². The van der Waals surface area contributed by atoms with E-state index in [1.807, 2.05) is 4.68 Å². The van der Waals surface area contributed by atoms with Gasteiger partial charge in [-0.1, -0.05) is 11.8 Å². The number of nitrogens with one attached hydrogen (secondary N) is 1. The summed E-state index contributed by atoms with van der Waals surface area (Å²) in [5.41, 5.74) is 3.19. The number of fused-ring (bicyclic) bond motifs is 1. The van der Waals surface area contributed by atoms with Crippen molar-refractivity contribution in [3.63, 3.8) is 0 Å². The Morgan fingerprint density at radius 1 is 1.67 bits per heavy atom. The molecule has 5 nitrogen and oxygen atoms in total. The largest absolute Gasteiger partial charge is 0.377 e. The lowest BCUT2D eigenvalue weighted by Gasteiger charge is -2.15. The van der Waals surface area contributed by atoms with Crippen LogP contribution in [-0.4, -0.2) is 34.3 Å². The Labute approximate surface area is 74.5 Å².